The minimum atomic E-state index is -7.59. The molecule has 55 heavy (non-hydrogen) atoms. The van der Waals surface area contributed by atoms with E-state index in [9.17, 15) is 67.5 Å². The fraction of sp³-hybridized carbons (Fsp3) is 0.333. The highest BCUT2D eigenvalue weighted by Crippen LogP contribution is 2.58. The number of methoxy groups -OCH3 is 1. The smallest absolute Gasteiger partial charge is 0.460 e. The first-order valence-electron chi connectivity index (χ1n) is 15.1. The van der Waals surface area contributed by atoms with E-state index in [1.165, 1.54) is 14.0 Å². The predicted molar refractivity (Wildman–Crippen MR) is 176 cm³/mol. The minimum absolute atomic E-state index is 0.0245. The van der Waals surface area contributed by atoms with E-state index in [1.807, 2.05) is 67.2 Å². The minimum Gasteiger partial charge on any atom is -0.466 e. The van der Waals surface area contributed by atoms with Crippen molar-refractivity contribution < 1.29 is 86.4 Å². The lowest BCUT2D eigenvalue weighted by molar-refractivity contribution is -0.417. The molecule has 0 fully saturated rings. The van der Waals surface area contributed by atoms with Crippen LogP contribution in [-0.2, 0) is 51.3 Å². The number of carbonyl (C=O) groups excluding carboxylic acids is 4. The van der Waals surface area contributed by atoms with Crippen molar-refractivity contribution in [1.82, 2.24) is 0 Å². The van der Waals surface area contributed by atoms with Gasteiger partial charge in [0.25, 0.3) is 0 Å². The summed E-state index contributed by atoms with van der Waals surface area (Å²) in [7, 11) is 1.31. The van der Waals surface area contributed by atoms with Gasteiger partial charge in [0, 0.05) is 17.7 Å². The molecule has 2 aromatic rings. The lowest BCUT2D eigenvalue weighted by Crippen LogP contribution is -2.67. The van der Waals surface area contributed by atoms with Crippen LogP contribution in [0.25, 0.3) is 0 Å². The molecule has 0 atom stereocenters. The van der Waals surface area contributed by atoms with Gasteiger partial charge < -0.3 is 18.9 Å². The third kappa shape index (κ3) is 16.2. The van der Waals surface area contributed by atoms with Gasteiger partial charge in [-0.1, -0.05) is 93.9 Å². The Labute approximate surface area is 308 Å². The second kappa shape index (κ2) is 23.3. The standard InChI is InChI=1S/C11H9F11O2.C11H12O2.C10H10O2.C4H6O2/c1-3-4-24-6(23)5(2)7(12,13)8(14,15)9(16,17)10(18,19)11(20,21)22;1-9(2)11(12)13-8-10-6-4-3-5-7-10;1-2-10(11)12-8-9-6-4-3-5-7-9;1-3-4(5)6-2/h2-4H2,1H3;3-7H,1,8H2,2H3;2-7H,1,8H2;3H,1H2,2H3. The molecule has 0 saturated heterocycles. The molecule has 0 aliphatic carbocycles. The van der Waals surface area contributed by atoms with E-state index in [0.29, 0.717) is 18.8 Å². The molecule has 2 aromatic carbocycles. The van der Waals surface area contributed by atoms with E-state index >= 15 is 0 Å². The molecule has 19 heteroatoms. The summed E-state index contributed by atoms with van der Waals surface area (Å²) in [4.78, 5) is 42.5. The average molecular weight is 807 g/mol. The lowest BCUT2D eigenvalue weighted by atomic mass is 9.94. The van der Waals surface area contributed by atoms with Gasteiger partial charge in [0.1, 0.15) is 18.8 Å². The van der Waals surface area contributed by atoms with Crippen LogP contribution in [0.15, 0.2) is 110 Å². The lowest BCUT2D eigenvalue weighted by Gasteiger charge is -2.37. The Morgan fingerprint density at radius 2 is 1.04 bits per heavy atom. The van der Waals surface area contributed by atoms with Crippen molar-refractivity contribution in [2.45, 2.75) is 63.3 Å². The van der Waals surface area contributed by atoms with Gasteiger partial charge in [-0.2, -0.15) is 48.3 Å². The summed E-state index contributed by atoms with van der Waals surface area (Å²) in [5.74, 6) is -32.3. The van der Waals surface area contributed by atoms with Crippen molar-refractivity contribution in [2.75, 3.05) is 13.7 Å². The number of halogens is 11. The summed E-state index contributed by atoms with van der Waals surface area (Å²) in [6.45, 7) is 14.9. The summed E-state index contributed by atoms with van der Waals surface area (Å²) in [5.41, 5.74) is -0.306. The molecule has 0 heterocycles. The summed E-state index contributed by atoms with van der Waals surface area (Å²) >= 11 is 0. The van der Waals surface area contributed by atoms with Crippen LogP contribution in [0.4, 0.5) is 48.3 Å². The molecule has 0 N–H and O–H groups in total. The van der Waals surface area contributed by atoms with E-state index in [2.05, 4.69) is 29.2 Å². The Hall–Kier alpha value is -5.49. The number of alkyl halides is 11. The van der Waals surface area contributed by atoms with Gasteiger partial charge in [-0.3, -0.25) is 0 Å². The zero-order valence-electron chi connectivity index (χ0n) is 29.5. The van der Waals surface area contributed by atoms with Crippen LogP contribution >= 0.6 is 0 Å². The monoisotopic (exact) mass is 806 g/mol. The van der Waals surface area contributed by atoms with E-state index in [4.69, 9.17) is 9.47 Å². The van der Waals surface area contributed by atoms with E-state index in [1.54, 1.807) is 6.92 Å². The summed E-state index contributed by atoms with van der Waals surface area (Å²) in [6.07, 6.45) is -5.02. The number of esters is 4. The largest absolute Gasteiger partial charge is 0.466 e. The predicted octanol–water partition coefficient (Wildman–Crippen LogP) is 9.17. The number of carbonyl (C=O) groups is 4. The molecule has 306 valence electrons. The van der Waals surface area contributed by atoms with Gasteiger partial charge in [0.2, 0.25) is 0 Å². The first kappa shape index (κ1) is 51.6. The number of hydrogen-bond acceptors (Lipinski definition) is 8. The van der Waals surface area contributed by atoms with Gasteiger partial charge in [0.05, 0.1) is 13.7 Å². The molecule has 0 spiro atoms. The van der Waals surface area contributed by atoms with Crippen LogP contribution in [0.5, 0.6) is 0 Å². The van der Waals surface area contributed by atoms with Crippen molar-refractivity contribution in [2.24, 2.45) is 0 Å². The molecular formula is C36H37F11O8. The van der Waals surface area contributed by atoms with Crippen molar-refractivity contribution in [3.05, 3.63) is 121 Å². The summed E-state index contributed by atoms with van der Waals surface area (Å²) in [6, 6.07) is 19.1. The second-order valence-electron chi connectivity index (χ2n) is 10.3. The fourth-order valence-corrected chi connectivity index (χ4v) is 2.89. The quantitative estimate of drug-likeness (QED) is 0.0806. The third-order valence-electron chi connectivity index (χ3n) is 5.92. The Balaban J connectivity index is 0. The maximum atomic E-state index is 13.4. The number of hydrogen-bond donors (Lipinski definition) is 0. The Kier molecular flexibility index (Phi) is 21.9. The van der Waals surface area contributed by atoms with Gasteiger partial charge in [-0.15, -0.1) is 0 Å². The Morgan fingerprint density at radius 1 is 0.618 bits per heavy atom. The second-order valence-corrected chi connectivity index (χ2v) is 10.3. The van der Waals surface area contributed by atoms with Crippen molar-refractivity contribution in [3.8, 4) is 0 Å². The van der Waals surface area contributed by atoms with Crippen LogP contribution in [0, 0.1) is 0 Å². The van der Waals surface area contributed by atoms with Gasteiger partial charge in [-0.25, -0.2) is 19.2 Å². The maximum absolute atomic E-state index is 13.4. The van der Waals surface area contributed by atoms with Gasteiger partial charge in [-0.05, 0) is 24.5 Å². The van der Waals surface area contributed by atoms with Crippen LogP contribution in [0.3, 0.4) is 0 Å². The van der Waals surface area contributed by atoms with Crippen LogP contribution < -0.4 is 0 Å². The van der Waals surface area contributed by atoms with Crippen molar-refractivity contribution in [3.63, 3.8) is 0 Å². The maximum Gasteiger partial charge on any atom is 0.460 e. The molecule has 0 aliphatic rings. The Morgan fingerprint density at radius 3 is 1.36 bits per heavy atom. The molecule has 8 nitrogen and oxygen atoms in total. The van der Waals surface area contributed by atoms with E-state index < -0.39 is 54.0 Å². The highest BCUT2D eigenvalue weighted by Gasteiger charge is 2.87. The zero-order chi connectivity index (χ0) is 43.3. The molecule has 0 radical (unpaired) electrons. The zero-order valence-corrected chi connectivity index (χ0v) is 29.5. The van der Waals surface area contributed by atoms with Crippen LogP contribution in [0.1, 0.15) is 31.4 Å². The number of benzene rings is 2. The topological polar surface area (TPSA) is 105 Å². The van der Waals surface area contributed by atoms with Gasteiger partial charge in [0.15, 0.2) is 0 Å². The molecule has 0 amide bonds. The highest BCUT2D eigenvalue weighted by molar-refractivity contribution is 5.90. The van der Waals surface area contributed by atoms with Gasteiger partial charge >= 0.3 is 53.7 Å². The first-order chi connectivity index (χ1) is 25.2. The van der Waals surface area contributed by atoms with Crippen LogP contribution in [0.2, 0.25) is 0 Å². The molecule has 0 saturated carbocycles. The normalized spacial score (nSPS) is 11.2. The van der Waals surface area contributed by atoms with Crippen molar-refractivity contribution in [1.29, 1.82) is 0 Å². The van der Waals surface area contributed by atoms with E-state index in [-0.39, 0.29) is 18.4 Å². The SMILES string of the molecule is C=C(C(=O)OCCC)C(F)(F)C(F)(F)C(F)(F)C(F)(F)C(F)(F)F.C=C(C)C(=O)OCc1ccccc1.C=CC(=O)OC.C=CC(=O)OCc1ccccc1. The number of rotatable bonds is 14. The molecule has 0 unspecified atom stereocenters. The summed E-state index contributed by atoms with van der Waals surface area (Å²) in [5, 5.41) is 0. The van der Waals surface area contributed by atoms with Crippen molar-refractivity contribution >= 4 is 23.9 Å². The third-order valence-corrected chi connectivity index (χ3v) is 5.92. The Bertz CT molecular complexity index is 1580. The molecule has 2 rings (SSSR count). The molecule has 0 aromatic heterocycles. The molecule has 0 bridgehead atoms. The summed E-state index contributed by atoms with van der Waals surface area (Å²) < 4.78 is 157. The van der Waals surface area contributed by atoms with E-state index in [0.717, 1.165) is 23.3 Å². The molecule has 0 aliphatic heterocycles. The number of ether oxygens (including phenoxy) is 4. The first-order valence-corrected chi connectivity index (χ1v) is 15.1. The highest BCUT2D eigenvalue weighted by atomic mass is 19.4. The van der Waals surface area contributed by atoms with Crippen LogP contribution in [-0.4, -0.2) is 67.5 Å². The molecular weight excluding hydrogens is 769 g/mol. The average Bonchev–Trinajstić information content (AvgIpc) is 3.15. The fourth-order valence-electron chi connectivity index (χ4n) is 2.89.